The van der Waals surface area contributed by atoms with Crippen molar-refractivity contribution in [3.05, 3.63) is 21.8 Å². The summed E-state index contributed by atoms with van der Waals surface area (Å²) in [6.07, 6.45) is 4.27. The van der Waals surface area contributed by atoms with Crippen LogP contribution in [0.5, 0.6) is 0 Å². The molecule has 1 aromatic heterocycles. The predicted octanol–water partition coefficient (Wildman–Crippen LogP) is 3.50. The van der Waals surface area contributed by atoms with Gasteiger partial charge >= 0.3 is 0 Å². The molecule has 1 aliphatic heterocycles. The van der Waals surface area contributed by atoms with E-state index >= 15 is 0 Å². The van der Waals surface area contributed by atoms with Crippen LogP contribution in [0.4, 0.5) is 5.82 Å². The molecule has 17 heavy (non-hydrogen) atoms. The molecule has 1 aliphatic rings. The first-order valence-electron chi connectivity index (χ1n) is 5.88. The van der Waals surface area contributed by atoms with Gasteiger partial charge < -0.3 is 9.64 Å². The number of hydrogen-bond donors (Lipinski definition) is 0. The first-order chi connectivity index (χ1) is 8.20. The van der Waals surface area contributed by atoms with E-state index in [9.17, 15) is 0 Å². The van der Waals surface area contributed by atoms with E-state index in [1.54, 1.807) is 6.20 Å². The first kappa shape index (κ1) is 13.1. The van der Waals surface area contributed by atoms with Crippen LogP contribution in [0.3, 0.4) is 0 Å². The zero-order chi connectivity index (χ0) is 12.3. The molecule has 0 N–H and O–H groups in total. The van der Waals surface area contributed by atoms with Crippen LogP contribution in [-0.2, 0) is 4.74 Å². The number of anilines is 1. The van der Waals surface area contributed by atoms with Crippen molar-refractivity contribution in [3.8, 4) is 0 Å². The molecule has 1 aromatic rings. The molecule has 0 aliphatic carbocycles. The molecule has 2 heterocycles. The number of piperidine rings is 1. The van der Waals surface area contributed by atoms with E-state index in [4.69, 9.17) is 16.3 Å². The summed E-state index contributed by atoms with van der Waals surface area (Å²) in [6.45, 7) is 4.75. The zero-order valence-electron chi connectivity index (χ0n) is 9.83. The van der Waals surface area contributed by atoms with Gasteiger partial charge in [0.25, 0.3) is 0 Å². The SMILES string of the molecule is CCOC1CCN(c2ncc(Br)cc2Cl)CC1. The second-order valence-electron chi connectivity index (χ2n) is 4.10. The van der Waals surface area contributed by atoms with Crippen LogP contribution in [0.1, 0.15) is 19.8 Å². The van der Waals surface area contributed by atoms with Gasteiger partial charge in [-0.1, -0.05) is 11.6 Å². The molecule has 0 unspecified atom stereocenters. The maximum Gasteiger partial charge on any atom is 0.147 e. The fourth-order valence-electron chi connectivity index (χ4n) is 2.11. The van der Waals surface area contributed by atoms with Crippen LogP contribution in [0, 0.1) is 0 Å². The van der Waals surface area contributed by atoms with Gasteiger partial charge in [-0.05, 0) is 41.8 Å². The third-order valence-electron chi connectivity index (χ3n) is 2.93. The minimum Gasteiger partial charge on any atom is -0.378 e. The van der Waals surface area contributed by atoms with Crippen molar-refractivity contribution in [1.82, 2.24) is 4.98 Å². The Balaban J connectivity index is 2.00. The third-order valence-corrected chi connectivity index (χ3v) is 3.64. The molecular formula is C12H16BrClN2O. The molecule has 0 amide bonds. The molecule has 0 spiro atoms. The lowest BCUT2D eigenvalue weighted by molar-refractivity contribution is 0.0458. The Kier molecular flexibility index (Phi) is 4.65. The lowest BCUT2D eigenvalue weighted by Crippen LogP contribution is -2.37. The highest BCUT2D eigenvalue weighted by Crippen LogP contribution is 2.28. The lowest BCUT2D eigenvalue weighted by Gasteiger charge is -2.33. The summed E-state index contributed by atoms with van der Waals surface area (Å²) in [5, 5.41) is 0.703. The highest BCUT2D eigenvalue weighted by molar-refractivity contribution is 9.10. The topological polar surface area (TPSA) is 25.4 Å². The number of halogens is 2. The van der Waals surface area contributed by atoms with Gasteiger partial charge in [-0.15, -0.1) is 0 Å². The summed E-state index contributed by atoms with van der Waals surface area (Å²) in [7, 11) is 0. The number of hydrogen-bond acceptors (Lipinski definition) is 3. The molecule has 0 radical (unpaired) electrons. The van der Waals surface area contributed by atoms with E-state index in [2.05, 4.69) is 25.8 Å². The smallest absolute Gasteiger partial charge is 0.147 e. The molecule has 1 fully saturated rings. The summed E-state index contributed by atoms with van der Waals surface area (Å²) in [5.74, 6) is 0.879. The molecule has 0 bridgehead atoms. The molecule has 0 saturated carbocycles. The Labute approximate surface area is 115 Å². The van der Waals surface area contributed by atoms with Crippen LogP contribution >= 0.6 is 27.5 Å². The maximum atomic E-state index is 6.19. The molecule has 0 aromatic carbocycles. The molecule has 5 heteroatoms. The maximum absolute atomic E-state index is 6.19. The molecule has 0 atom stereocenters. The molecular weight excluding hydrogens is 304 g/mol. The second-order valence-corrected chi connectivity index (χ2v) is 5.42. The van der Waals surface area contributed by atoms with Crippen LogP contribution in [0.25, 0.3) is 0 Å². The number of rotatable bonds is 3. The van der Waals surface area contributed by atoms with Gasteiger partial charge in [-0.3, -0.25) is 0 Å². The average Bonchev–Trinajstić information content (AvgIpc) is 2.31. The van der Waals surface area contributed by atoms with Crippen molar-refractivity contribution in [1.29, 1.82) is 0 Å². The Morgan fingerprint density at radius 2 is 2.24 bits per heavy atom. The van der Waals surface area contributed by atoms with Gasteiger partial charge in [0.15, 0.2) is 0 Å². The standard InChI is InChI=1S/C12H16BrClN2O/c1-2-17-10-3-5-16(6-4-10)12-11(14)7-9(13)8-15-12/h7-8,10H,2-6H2,1H3. The van der Waals surface area contributed by atoms with Crippen LogP contribution in [0.2, 0.25) is 5.02 Å². The van der Waals surface area contributed by atoms with E-state index < -0.39 is 0 Å². The number of aromatic nitrogens is 1. The number of nitrogens with zero attached hydrogens (tertiary/aromatic N) is 2. The summed E-state index contributed by atoms with van der Waals surface area (Å²) in [6, 6.07) is 1.89. The van der Waals surface area contributed by atoms with Crippen molar-refractivity contribution in [3.63, 3.8) is 0 Å². The van der Waals surface area contributed by atoms with Crippen molar-refractivity contribution >= 4 is 33.3 Å². The Bertz CT molecular complexity index is 381. The van der Waals surface area contributed by atoms with Crippen molar-refractivity contribution < 1.29 is 4.74 Å². The van der Waals surface area contributed by atoms with Crippen molar-refractivity contribution in [2.45, 2.75) is 25.9 Å². The minimum atomic E-state index is 0.394. The van der Waals surface area contributed by atoms with E-state index in [0.717, 1.165) is 42.8 Å². The van der Waals surface area contributed by atoms with Gasteiger partial charge in [0.1, 0.15) is 5.82 Å². The number of ether oxygens (including phenoxy) is 1. The Morgan fingerprint density at radius 3 is 2.82 bits per heavy atom. The normalized spacial score (nSPS) is 17.5. The van der Waals surface area contributed by atoms with E-state index in [1.807, 2.05) is 13.0 Å². The van der Waals surface area contributed by atoms with Gasteiger partial charge in [-0.2, -0.15) is 0 Å². The second kappa shape index (κ2) is 6.03. The van der Waals surface area contributed by atoms with Gasteiger partial charge in [0, 0.05) is 30.4 Å². The Hall–Kier alpha value is -0.320. The molecule has 94 valence electrons. The highest BCUT2D eigenvalue weighted by Gasteiger charge is 2.21. The summed E-state index contributed by atoms with van der Waals surface area (Å²) < 4.78 is 6.54. The number of pyridine rings is 1. The molecule has 1 saturated heterocycles. The molecule has 3 nitrogen and oxygen atoms in total. The van der Waals surface area contributed by atoms with E-state index in [1.165, 1.54) is 0 Å². The monoisotopic (exact) mass is 318 g/mol. The van der Waals surface area contributed by atoms with Gasteiger partial charge in [0.05, 0.1) is 11.1 Å². The van der Waals surface area contributed by atoms with Crippen LogP contribution in [0.15, 0.2) is 16.7 Å². The van der Waals surface area contributed by atoms with Crippen molar-refractivity contribution in [2.24, 2.45) is 0 Å². The highest BCUT2D eigenvalue weighted by atomic mass is 79.9. The van der Waals surface area contributed by atoms with E-state index in [0.29, 0.717) is 11.1 Å². The Morgan fingerprint density at radius 1 is 1.53 bits per heavy atom. The zero-order valence-corrected chi connectivity index (χ0v) is 12.2. The van der Waals surface area contributed by atoms with E-state index in [-0.39, 0.29) is 0 Å². The molecule has 2 rings (SSSR count). The fraction of sp³-hybridized carbons (Fsp3) is 0.583. The van der Waals surface area contributed by atoms with Crippen molar-refractivity contribution in [2.75, 3.05) is 24.6 Å². The average molecular weight is 320 g/mol. The largest absolute Gasteiger partial charge is 0.378 e. The van der Waals surface area contributed by atoms with Gasteiger partial charge in [-0.25, -0.2) is 4.98 Å². The summed E-state index contributed by atoms with van der Waals surface area (Å²) in [5.41, 5.74) is 0. The summed E-state index contributed by atoms with van der Waals surface area (Å²) >= 11 is 9.56. The first-order valence-corrected chi connectivity index (χ1v) is 7.05. The lowest BCUT2D eigenvalue weighted by atomic mass is 10.1. The van der Waals surface area contributed by atoms with Gasteiger partial charge in [0.2, 0.25) is 0 Å². The quantitative estimate of drug-likeness (QED) is 0.852. The minimum absolute atomic E-state index is 0.394. The third kappa shape index (κ3) is 3.33. The van der Waals surface area contributed by atoms with Crippen LogP contribution < -0.4 is 4.90 Å². The fourth-order valence-corrected chi connectivity index (χ4v) is 2.86. The summed E-state index contributed by atoms with van der Waals surface area (Å²) in [4.78, 5) is 6.61. The predicted molar refractivity (Wildman–Crippen MR) is 73.8 cm³/mol. The van der Waals surface area contributed by atoms with Crippen LogP contribution in [-0.4, -0.2) is 30.8 Å².